The first kappa shape index (κ1) is 23.6. The van der Waals surface area contributed by atoms with Gasteiger partial charge in [-0.15, -0.1) is 0 Å². The van der Waals surface area contributed by atoms with E-state index in [1.165, 1.54) is 19.3 Å². The van der Waals surface area contributed by atoms with Gasteiger partial charge in [-0.3, -0.25) is 9.69 Å². The van der Waals surface area contributed by atoms with Crippen LogP contribution in [0.15, 0.2) is 30.5 Å². The Labute approximate surface area is 207 Å². The number of carbonyl (C=O) groups excluding carboxylic acids is 1. The van der Waals surface area contributed by atoms with Crippen molar-refractivity contribution >= 4 is 17.9 Å². The van der Waals surface area contributed by atoms with Gasteiger partial charge >= 0.3 is 0 Å². The third-order valence-corrected chi connectivity index (χ3v) is 7.56. The maximum Gasteiger partial charge on any atom is 0.246 e. The molecule has 0 atom stereocenters. The second-order valence-corrected chi connectivity index (χ2v) is 9.52. The highest BCUT2D eigenvalue weighted by Crippen LogP contribution is 2.27. The second kappa shape index (κ2) is 10.6. The molecule has 2 aromatic rings. The Balaban J connectivity index is 1.19. The molecule has 2 aliphatic heterocycles. The van der Waals surface area contributed by atoms with Gasteiger partial charge in [0, 0.05) is 75.6 Å². The molecule has 5 rings (SSSR count). The number of nitrogens with zero attached hydrogens (tertiary/aromatic N) is 5. The largest absolute Gasteiger partial charge is 0.497 e. The summed E-state index contributed by atoms with van der Waals surface area (Å²) >= 11 is 0. The molecule has 2 fully saturated rings. The minimum absolute atomic E-state index is 0.00373. The van der Waals surface area contributed by atoms with Crippen molar-refractivity contribution < 1.29 is 14.3 Å². The Bertz CT molecular complexity index is 1080. The number of carbonyl (C=O) groups is 1. The third kappa shape index (κ3) is 5.27. The van der Waals surface area contributed by atoms with Gasteiger partial charge in [-0.05, 0) is 43.0 Å². The number of aromatic nitrogens is 2. The fourth-order valence-electron chi connectivity index (χ4n) is 5.10. The summed E-state index contributed by atoms with van der Waals surface area (Å²) in [5.41, 5.74) is 3.07. The Kier molecular flexibility index (Phi) is 7.18. The molecule has 8 nitrogen and oxygen atoms in total. The molecule has 0 spiro atoms. The minimum atomic E-state index is -0.00373. The molecule has 0 unspecified atom stereocenters. The molecule has 0 radical (unpaired) electrons. The second-order valence-electron chi connectivity index (χ2n) is 9.52. The van der Waals surface area contributed by atoms with E-state index in [2.05, 4.69) is 9.80 Å². The lowest BCUT2D eigenvalue weighted by atomic mass is 9.91. The first-order valence-electron chi connectivity index (χ1n) is 12.7. The van der Waals surface area contributed by atoms with Crippen LogP contribution in [-0.2, 0) is 17.6 Å². The zero-order valence-corrected chi connectivity index (χ0v) is 20.8. The molecule has 3 aliphatic rings. The van der Waals surface area contributed by atoms with Crippen LogP contribution in [0, 0.1) is 0 Å². The van der Waals surface area contributed by atoms with Gasteiger partial charge in [-0.1, -0.05) is 6.42 Å². The molecular formula is C27H35N5O3. The summed E-state index contributed by atoms with van der Waals surface area (Å²) in [7, 11) is 3.23. The van der Waals surface area contributed by atoms with Gasteiger partial charge in [-0.25, -0.2) is 9.97 Å². The van der Waals surface area contributed by atoms with Crippen LogP contribution in [0.2, 0.25) is 0 Å². The first-order chi connectivity index (χ1) is 17.1. The van der Waals surface area contributed by atoms with Crippen LogP contribution < -0.4 is 14.4 Å². The number of anilines is 1. The zero-order chi connectivity index (χ0) is 24.2. The fourth-order valence-corrected chi connectivity index (χ4v) is 5.10. The van der Waals surface area contributed by atoms with Crippen LogP contribution in [-0.4, -0.2) is 85.2 Å². The van der Waals surface area contributed by atoms with Gasteiger partial charge in [0.05, 0.1) is 19.9 Å². The fraction of sp³-hybridized carbons (Fsp3) is 0.519. The van der Waals surface area contributed by atoms with E-state index in [-0.39, 0.29) is 5.91 Å². The normalized spacial score (nSPS) is 19.3. The van der Waals surface area contributed by atoms with Crippen molar-refractivity contribution in [2.45, 2.75) is 38.1 Å². The molecular weight excluding hydrogens is 442 g/mol. The van der Waals surface area contributed by atoms with Crippen LogP contribution in [0.4, 0.5) is 5.95 Å². The van der Waals surface area contributed by atoms with Crippen molar-refractivity contribution in [3.05, 3.63) is 47.3 Å². The topological polar surface area (TPSA) is 71.0 Å². The molecule has 1 saturated carbocycles. The SMILES string of the molecule is COc1ccc(/C=C/C(=O)N2CCc3cnc(N4CCN(C5CCC5)CC4)nc3CC2)c(OC)c1. The molecule has 1 amide bonds. The number of hydrogen-bond acceptors (Lipinski definition) is 7. The summed E-state index contributed by atoms with van der Waals surface area (Å²) in [5, 5.41) is 0. The smallest absolute Gasteiger partial charge is 0.246 e. The van der Waals surface area contributed by atoms with Gasteiger partial charge < -0.3 is 19.3 Å². The predicted octanol–water partition coefficient (Wildman–Crippen LogP) is 2.81. The zero-order valence-electron chi connectivity index (χ0n) is 20.8. The minimum Gasteiger partial charge on any atom is -0.497 e. The average Bonchev–Trinajstić information content (AvgIpc) is 3.09. The van der Waals surface area contributed by atoms with Gasteiger partial charge in [0.15, 0.2) is 0 Å². The first-order valence-corrected chi connectivity index (χ1v) is 12.7. The van der Waals surface area contributed by atoms with E-state index in [0.29, 0.717) is 18.8 Å². The molecule has 1 saturated heterocycles. The molecule has 1 aliphatic carbocycles. The molecule has 1 aromatic carbocycles. The average molecular weight is 478 g/mol. The van der Waals surface area contributed by atoms with Gasteiger partial charge in [-0.2, -0.15) is 0 Å². The van der Waals surface area contributed by atoms with Crippen molar-refractivity contribution in [1.29, 1.82) is 0 Å². The number of fused-ring (bicyclic) bond motifs is 1. The van der Waals surface area contributed by atoms with Gasteiger partial charge in [0.1, 0.15) is 11.5 Å². The van der Waals surface area contributed by atoms with Crippen molar-refractivity contribution in [2.75, 3.05) is 58.4 Å². The van der Waals surface area contributed by atoms with Gasteiger partial charge in [0.25, 0.3) is 0 Å². The molecule has 8 heteroatoms. The molecule has 3 heterocycles. The standard InChI is InChI=1S/C27H35N5O3/c1-34-23-8-6-20(25(18-23)35-2)7-9-26(33)31-12-10-21-19-28-27(29-24(21)11-13-31)32-16-14-30(15-17-32)22-4-3-5-22/h6-9,18-19,22H,3-5,10-17H2,1-2H3/b9-7+. The number of methoxy groups -OCH3 is 2. The lowest BCUT2D eigenvalue weighted by Gasteiger charge is -2.43. The molecule has 0 N–H and O–H groups in total. The van der Waals surface area contributed by atoms with E-state index in [9.17, 15) is 4.79 Å². The highest BCUT2D eigenvalue weighted by Gasteiger charge is 2.29. The lowest BCUT2D eigenvalue weighted by Crippen LogP contribution is -2.52. The lowest BCUT2D eigenvalue weighted by molar-refractivity contribution is -0.125. The number of benzene rings is 1. The van der Waals surface area contributed by atoms with Crippen LogP contribution in [0.3, 0.4) is 0 Å². The number of piperazine rings is 1. The Hall–Kier alpha value is -3.13. The quantitative estimate of drug-likeness (QED) is 0.593. The number of rotatable bonds is 6. The van der Waals surface area contributed by atoms with E-state index in [1.807, 2.05) is 29.3 Å². The van der Waals surface area contributed by atoms with Crippen molar-refractivity contribution in [2.24, 2.45) is 0 Å². The van der Waals surface area contributed by atoms with E-state index in [0.717, 1.165) is 73.6 Å². The Morgan fingerprint density at radius 2 is 1.83 bits per heavy atom. The molecule has 186 valence electrons. The van der Waals surface area contributed by atoms with Crippen LogP contribution in [0.5, 0.6) is 11.5 Å². The van der Waals surface area contributed by atoms with Crippen LogP contribution in [0.25, 0.3) is 6.08 Å². The molecule has 1 aromatic heterocycles. The summed E-state index contributed by atoms with van der Waals surface area (Å²) < 4.78 is 10.7. The van der Waals surface area contributed by atoms with Gasteiger partial charge in [0.2, 0.25) is 11.9 Å². The maximum absolute atomic E-state index is 13.0. The van der Waals surface area contributed by atoms with E-state index in [4.69, 9.17) is 19.4 Å². The highest BCUT2D eigenvalue weighted by atomic mass is 16.5. The summed E-state index contributed by atoms with van der Waals surface area (Å²) in [6, 6.07) is 6.37. The van der Waals surface area contributed by atoms with Crippen molar-refractivity contribution in [3.8, 4) is 11.5 Å². The predicted molar refractivity (Wildman–Crippen MR) is 136 cm³/mol. The monoisotopic (exact) mass is 477 g/mol. The van der Waals surface area contributed by atoms with E-state index >= 15 is 0 Å². The summed E-state index contributed by atoms with van der Waals surface area (Å²) in [6.07, 6.45) is 11.0. The maximum atomic E-state index is 13.0. The van der Waals surface area contributed by atoms with Crippen LogP contribution >= 0.6 is 0 Å². The summed E-state index contributed by atoms with van der Waals surface area (Å²) in [4.78, 5) is 29.4. The van der Waals surface area contributed by atoms with Crippen molar-refractivity contribution in [3.63, 3.8) is 0 Å². The molecule has 35 heavy (non-hydrogen) atoms. The number of hydrogen-bond donors (Lipinski definition) is 0. The van der Waals surface area contributed by atoms with Crippen LogP contribution in [0.1, 0.15) is 36.1 Å². The molecule has 0 bridgehead atoms. The van der Waals surface area contributed by atoms with E-state index < -0.39 is 0 Å². The summed E-state index contributed by atoms with van der Waals surface area (Å²) in [6.45, 7) is 5.48. The highest BCUT2D eigenvalue weighted by molar-refractivity contribution is 5.92. The summed E-state index contributed by atoms with van der Waals surface area (Å²) in [5.74, 6) is 2.23. The van der Waals surface area contributed by atoms with Crippen molar-refractivity contribution in [1.82, 2.24) is 19.8 Å². The van der Waals surface area contributed by atoms with E-state index in [1.54, 1.807) is 26.4 Å². The Morgan fingerprint density at radius 3 is 2.54 bits per heavy atom. The Morgan fingerprint density at radius 1 is 1.03 bits per heavy atom. The third-order valence-electron chi connectivity index (χ3n) is 7.56. The number of amides is 1. The number of ether oxygens (including phenoxy) is 2.